The Kier molecular flexibility index (Phi) is 4.56. The quantitative estimate of drug-likeness (QED) is 0.621. The van der Waals surface area contributed by atoms with Crippen LogP contribution in [0.2, 0.25) is 0 Å². The van der Waals surface area contributed by atoms with Crippen molar-refractivity contribution in [3.8, 4) is 0 Å². The van der Waals surface area contributed by atoms with Gasteiger partial charge in [-0.25, -0.2) is 16.8 Å². The molecule has 0 spiro atoms. The Labute approximate surface area is 157 Å². The van der Waals surface area contributed by atoms with Gasteiger partial charge in [-0.1, -0.05) is 18.2 Å². The van der Waals surface area contributed by atoms with E-state index in [2.05, 4.69) is 4.98 Å². The predicted molar refractivity (Wildman–Crippen MR) is 93.0 cm³/mol. The van der Waals surface area contributed by atoms with E-state index >= 15 is 0 Å². The van der Waals surface area contributed by atoms with Crippen LogP contribution in [0.25, 0.3) is 10.9 Å². The molecule has 0 fully saturated rings. The highest BCUT2D eigenvalue weighted by atomic mass is 35.7. The van der Waals surface area contributed by atoms with Crippen LogP contribution >= 0.6 is 10.7 Å². The number of halogens is 4. The third kappa shape index (κ3) is 3.32. The van der Waals surface area contributed by atoms with Gasteiger partial charge in [-0.15, -0.1) is 0 Å². The topological polar surface area (TPSA) is 84.1 Å². The van der Waals surface area contributed by atoms with Crippen molar-refractivity contribution >= 4 is 40.5 Å². The van der Waals surface area contributed by atoms with Crippen LogP contribution in [0.4, 0.5) is 13.2 Å². The highest BCUT2D eigenvalue weighted by Gasteiger charge is 2.38. The highest BCUT2D eigenvalue weighted by Crippen LogP contribution is 2.43. The zero-order valence-corrected chi connectivity index (χ0v) is 15.9. The summed E-state index contributed by atoms with van der Waals surface area (Å²) in [4.78, 5) is 0.932. The number of H-pyrrole nitrogens is 1. The fraction of sp³-hybridized carbons (Fsp3) is 0.125. The smallest absolute Gasteiger partial charge is 0.359 e. The zero-order valence-electron chi connectivity index (χ0n) is 13.5. The van der Waals surface area contributed by atoms with Crippen LogP contribution in [0, 0.1) is 6.92 Å². The fourth-order valence-electron chi connectivity index (χ4n) is 2.88. The summed E-state index contributed by atoms with van der Waals surface area (Å²) >= 11 is 0. The summed E-state index contributed by atoms with van der Waals surface area (Å²) in [6.07, 6.45) is -4.16. The predicted octanol–water partition coefficient (Wildman–Crippen LogP) is 4.26. The molecule has 0 unspecified atom stereocenters. The number of aryl methyl sites for hydroxylation is 1. The summed E-state index contributed by atoms with van der Waals surface area (Å²) in [5, 5.41) is -0.808. The molecule has 0 radical (unpaired) electrons. The van der Waals surface area contributed by atoms with E-state index in [1.54, 1.807) is 6.07 Å². The van der Waals surface area contributed by atoms with E-state index in [0.29, 0.717) is 6.07 Å². The van der Waals surface area contributed by atoms with Gasteiger partial charge in [0.1, 0.15) is 4.90 Å². The van der Waals surface area contributed by atoms with Crippen molar-refractivity contribution in [2.75, 3.05) is 0 Å². The molecule has 0 atom stereocenters. The second-order valence-corrected chi connectivity index (χ2v) is 10.1. The summed E-state index contributed by atoms with van der Waals surface area (Å²) in [5.41, 5.74) is -1.94. The number of hydrogen-bond acceptors (Lipinski definition) is 4. The van der Waals surface area contributed by atoms with E-state index in [-0.39, 0.29) is 10.5 Å². The summed E-state index contributed by atoms with van der Waals surface area (Å²) in [6, 6.07) is 7.71. The molecule has 3 aromatic rings. The monoisotopic (exact) mass is 437 g/mol. The molecular weight excluding hydrogens is 427 g/mol. The number of rotatable bonds is 3. The lowest BCUT2D eigenvalue weighted by atomic mass is 10.1. The number of aromatic nitrogens is 1. The molecule has 0 amide bonds. The van der Waals surface area contributed by atoms with E-state index in [0.717, 1.165) is 6.20 Å². The van der Waals surface area contributed by atoms with E-state index in [9.17, 15) is 30.0 Å². The first-order chi connectivity index (χ1) is 12.3. The second-order valence-electron chi connectivity index (χ2n) is 5.73. The molecule has 1 heterocycles. The molecule has 0 saturated heterocycles. The number of benzene rings is 2. The SMILES string of the molecule is Cc1cc(C(F)(F)F)c2c(S(=O)(=O)Cl)c[nH]c2c1S(=O)(=O)c1ccccc1. The molecule has 0 aliphatic rings. The van der Waals surface area contributed by atoms with Gasteiger partial charge in [0, 0.05) is 22.3 Å². The van der Waals surface area contributed by atoms with Crippen LogP contribution < -0.4 is 0 Å². The van der Waals surface area contributed by atoms with Crippen LogP contribution in [0.15, 0.2) is 57.3 Å². The third-order valence-corrected chi connectivity index (χ3v) is 7.25. The molecule has 0 aliphatic carbocycles. The molecular formula is C16H11ClF3NO4S2. The molecule has 0 saturated carbocycles. The van der Waals surface area contributed by atoms with Crippen LogP contribution in [0.1, 0.15) is 11.1 Å². The molecule has 0 bridgehead atoms. The Balaban J connectivity index is 2.51. The van der Waals surface area contributed by atoms with Gasteiger partial charge >= 0.3 is 6.18 Å². The number of hydrogen-bond donors (Lipinski definition) is 1. The minimum Gasteiger partial charge on any atom is -0.359 e. The van der Waals surface area contributed by atoms with Gasteiger partial charge in [-0.2, -0.15) is 13.2 Å². The Morgan fingerprint density at radius 1 is 1.04 bits per heavy atom. The Bertz CT molecular complexity index is 1250. The normalized spacial score (nSPS) is 13.2. The average molecular weight is 438 g/mol. The van der Waals surface area contributed by atoms with Crippen LogP contribution in [-0.2, 0) is 25.1 Å². The fourth-order valence-corrected chi connectivity index (χ4v) is 5.57. The van der Waals surface area contributed by atoms with Crippen LogP contribution in [0.3, 0.4) is 0 Å². The van der Waals surface area contributed by atoms with Crippen molar-refractivity contribution in [2.45, 2.75) is 27.8 Å². The van der Waals surface area contributed by atoms with Gasteiger partial charge in [0.15, 0.2) is 0 Å². The number of nitrogens with one attached hydrogen (secondary N) is 1. The van der Waals surface area contributed by atoms with E-state index < -0.39 is 51.3 Å². The van der Waals surface area contributed by atoms with Crippen molar-refractivity contribution in [1.29, 1.82) is 0 Å². The third-order valence-electron chi connectivity index (χ3n) is 3.95. The van der Waals surface area contributed by atoms with Crippen LogP contribution in [0.5, 0.6) is 0 Å². The van der Waals surface area contributed by atoms with E-state index in [4.69, 9.17) is 10.7 Å². The number of fused-ring (bicyclic) bond motifs is 1. The maximum atomic E-state index is 13.5. The molecule has 144 valence electrons. The lowest BCUT2D eigenvalue weighted by Crippen LogP contribution is -2.11. The first kappa shape index (κ1) is 19.7. The van der Waals surface area contributed by atoms with Crippen molar-refractivity contribution in [3.05, 3.63) is 53.7 Å². The van der Waals surface area contributed by atoms with Crippen molar-refractivity contribution in [3.63, 3.8) is 0 Å². The lowest BCUT2D eigenvalue weighted by Gasteiger charge is -2.15. The minimum atomic E-state index is -4.92. The lowest BCUT2D eigenvalue weighted by molar-refractivity contribution is -0.136. The summed E-state index contributed by atoms with van der Waals surface area (Å²) in [6.45, 7) is 1.21. The van der Waals surface area contributed by atoms with E-state index in [1.807, 2.05) is 0 Å². The van der Waals surface area contributed by atoms with E-state index in [1.165, 1.54) is 31.2 Å². The van der Waals surface area contributed by atoms with Gasteiger partial charge in [0.05, 0.1) is 20.9 Å². The number of sulfone groups is 1. The zero-order chi connectivity index (χ0) is 20.2. The Hall–Kier alpha value is -2.04. The molecule has 3 rings (SSSR count). The molecule has 1 N–H and O–H groups in total. The number of alkyl halides is 3. The van der Waals surface area contributed by atoms with Crippen molar-refractivity contribution in [2.24, 2.45) is 0 Å². The van der Waals surface area contributed by atoms with Gasteiger partial charge in [0.25, 0.3) is 9.05 Å². The first-order valence-electron chi connectivity index (χ1n) is 7.32. The average Bonchev–Trinajstić information content (AvgIpc) is 2.98. The summed E-state index contributed by atoms with van der Waals surface area (Å²) in [5.74, 6) is 0. The summed E-state index contributed by atoms with van der Waals surface area (Å²) in [7, 11) is -3.53. The van der Waals surface area contributed by atoms with Crippen molar-refractivity contribution in [1.82, 2.24) is 4.98 Å². The Morgan fingerprint density at radius 3 is 2.15 bits per heavy atom. The maximum Gasteiger partial charge on any atom is 0.417 e. The van der Waals surface area contributed by atoms with Gasteiger partial charge in [-0.05, 0) is 30.7 Å². The standard InChI is InChI=1S/C16H11ClF3NO4S2/c1-9-7-11(16(18,19)20)13-12(27(17,24)25)8-21-14(13)15(9)26(22,23)10-5-3-2-4-6-10/h2-8,21H,1H3. The largest absolute Gasteiger partial charge is 0.417 e. The van der Waals surface area contributed by atoms with Gasteiger partial charge in [-0.3, -0.25) is 0 Å². The maximum absolute atomic E-state index is 13.5. The Morgan fingerprint density at radius 2 is 1.63 bits per heavy atom. The van der Waals surface area contributed by atoms with Gasteiger partial charge in [0.2, 0.25) is 9.84 Å². The molecule has 27 heavy (non-hydrogen) atoms. The van der Waals surface area contributed by atoms with Gasteiger partial charge < -0.3 is 4.98 Å². The summed E-state index contributed by atoms with van der Waals surface area (Å²) < 4.78 is 90.0. The molecule has 11 heteroatoms. The molecule has 0 aliphatic heterocycles. The minimum absolute atomic E-state index is 0.140. The number of aromatic amines is 1. The highest BCUT2D eigenvalue weighted by molar-refractivity contribution is 8.14. The first-order valence-corrected chi connectivity index (χ1v) is 11.1. The molecule has 5 nitrogen and oxygen atoms in total. The van der Waals surface area contributed by atoms with Crippen molar-refractivity contribution < 1.29 is 30.0 Å². The van der Waals surface area contributed by atoms with Crippen LogP contribution in [-0.4, -0.2) is 21.8 Å². The second kappa shape index (κ2) is 6.25. The molecule has 1 aromatic heterocycles. The molecule has 2 aromatic carbocycles.